The first-order valence-corrected chi connectivity index (χ1v) is 6.54. The topological polar surface area (TPSA) is 66.6 Å². The molecule has 1 N–H and O–H groups in total. The van der Waals surface area contributed by atoms with Crippen LogP contribution in [0.4, 0.5) is 5.69 Å². The van der Waals surface area contributed by atoms with Gasteiger partial charge in [-0.1, -0.05) is 0 Å². The van der Waals surface area contributed by atoms with Crippen LogP contribution in [-0.2, 0) is 0 Å². The number of aliphatic hydroxyl groups is 1. The molecule has 3 saturated heterocycles. The summed E-state index contributed by atoms with van der Waals surface area (Å²) in [5.41, 5.74) is 1.94. The Kier molecular flexibility index (Phi) is 2.98. The van der Waals surface area contributed by atoms with E-state index in [0.29, 0.717) is 5.92 Å². The van der Waals surface area contributed by atoms with Crippen LogP contribution in [0.1, 0.15) is 18.4 Å². The third-order valence-electron chi connectivity index (χ3n) is 4.07. The van der Waals surface area contributed by atoms with Crippen LogP contribution < -0.4 is 0 Å². The van der Waals surface area contributed by atoms with Crippen molar-refractivity contribution >= 4 is 11.8 Å². The fraction of sp³-hybridized carbons (Fsp3) is 0.429. The van der Waals surface area contributed by atoms with E-state index in [0.717, 1.165) is 37.2 Å². The van der Waals surface area contributed by atoms with E-state index in [1.807, 2.05) is 6.08 Å². The highest BCUT2D eigenvalue weighted by atomic mass is 16.6. The van der Waals surface area contributed by atoms with Crippen LogP contribution in [0.25, 0.3) is 6.08 Å². The summed E-state index contributed by atoms with van der Waals surface area (Å²) in [5.74, 6) is 0.370. The highest BCUT2D eigenvalue weighted by Gasteiger charge is 2.36. The fourth-order valence-electron chi connectivity index (χ4n) is 2.94. The molecule has 0 amide bonds. The van der Waals surface area contributed by atoms with Gasteiger partial charge in [-0.2, -0.15) is 0 Å². The molecule has 0 unspecified atom stereocenters. The van der Waals surface area contributed by atoms with Gasteiger partial charge in [0.15, 0.2) is 0 Å². The molecule has 19 heavy (non-hydrogen) atoms. The fourth-order valence-corrected chi connectivity index (χ4v) is 2.94. The molecule has 3 aliphatic rings. The normalized spacial score (nSPS) is 27.8. The molecular weight excluding hydrogens is 244 g/mol. The summed E-state index contributed by atoms with van der Waals surface area (Å²) in [6, 6.07) is 6.44. The summed E-state index contributed by atoms with van der Waals surface area (Å²) in [6.07, 6.45) is 3.66. The number of piperidine rings is 3. The number of nitrogens with zero attached hydrogens (tertiary/aromatic N) is 2. The molecular formula is C14H16N2O3. The van der Waals surface area contributed by atoms with Gasteiger partial charge in [0.25, 0.3) is 5.69 Å². The van der Waals surface area contributed by atoms with E-state index in [2.05, 4.69) is 4.90 Å². The predicted molar refractivity (Wildman–Crippen MR) is 71.4 cm³/mol. The van der Waals surface area contributed by atoms with E-state index in [-0.39, 0.29) is 5.69 Å². The molecule has 1 atom stereocenters. The average molecular weight is 260 g/mol. The smallest absolute Gasteiger partial charge is 0.269 e. The molecule has 0 radical (unpaired) electrons. The lowest BCUT2D eigenvalue weighted by molar-refractivity contribution is -0.384. The van der Waals surface area contributed by atoms with Crippen molar-refractivity contribution in [3.05, 3.63) is 45.6 Å². The molecule has 0 aliphatic carbocycles. The maximum absolute atomic E-state index is 10.6. The van der Waals surface area contributed by atoms with Gasteiger partial charge in [-0.25, -0.2) is 0 Å². The van der Waals surface area contributed by atoms with Crippen molar-refractivity contribution in [2.75, 3.05) is 13.1 Å². The van der Waals surface area contributed by atoms with Crippen molar-refractivity contribution in [1.82, 2.24) is 4.90 Å². The summed E-state index contributed by atoms with van der Waals surface area (Å²) < 4.78 is 0. The second-order valence-electron chi connectivity index (χ2n) is 5.19. The van der Waals surface area contributed by atoms with Crippen LogP contribution in [0.15, 0.2) is 30.0 Å². The predicted octanol–water partition coefficient (Wildman–Crippen LogP) is 2.02. The molecule has 4 rings (SSSR count). The van der Waals surface area contributed by atoms with Crippen LogP contribution in [0.3, 0.4) is 0 Å². The maximum atomic E-state index is 10.6. The molecule has 2 bridgehead atoms. The molecule has 0 aromatic heterocycles. The van der Waals surface area contributed by atoms with Crippen LogP contribution in [0.2, 0.25) is 0 Å². The lowest BCUT2D eigenvalue weighted by Crippen LogP contribution is -2.48. The number of hydrogen-bond acceptors (Lipinski definition) is 4. The van der Waals surface area contributed by atoms with E-state index >= 15 is 0 Å². The second kappa shape index (κ2) is 4.66. The number of aliphatic hydroxyl groups excluding tert-OH is 1. The zero-order valence-corrected chi connectivity index (χ0v) is 10.5. The highest BCUT2D eigenvalue weighted by molar-refractivity contribution is 5.56. The SMILES string of the molecule is O=[N+]([O-])c1ccc(/C=C2/[C@@H](O)C3CCN2CC3)cc1. The molecule has 3 fully saturated rings. The maximum Gasteiger partial charge on any atom is 0.269 e. The summed E-state index contributed by atoms with van der Waals surface area (Å²) in [6.45, 7) is 2.00. The average Bonchev–Trinajstić information content (AvgIpc) is 2.44. The number of hydrogen-bond donors (Lipinski definition) is 1. The summed E-state index contributed by atoms with van der Waals surface area (Å²) in [4.78, 5) is 12.4. The van der Waals surface area contributed by atoms with Crippen molar-refractivity contribution in [2.24, 2.45) is 5.92 Å². The van der Waals surface area contributed by atoms with Gasteiger partial charge >= 0.3 is 0 Å². The second-order valence-corrected chi connectivity index (χ2v) is 5.19. The Morgan fingerprint density at radius 3 is 2.42 bits per heavy atom. The van der Waals surface area contributed by atoms with Gasteiger partial charge in [0.2, 0.25) is 0 Å². The lowest BCUT2D eigenvalue weighted by Gasteiger charge is -2.45. The number of nitro groups is 1. The highest BCUT2D eigenvalue weighted by Crippen LogP contribution is 2.35. The summed E-state index contributed by atoms with van der Waals surface area (Å²) >= 11 is 0. The minimum Gasteiger partial charge on any atom is -0.387 e. The first kappa shape index (κ1) is 12.2. The van der Waals surface area contributed by atoms with Gasteiger partial charge in [-0.3, -0.25) is 10.1 Å². The molecule has 3 heterocycles. The van der Waals surface area contributed by atoms with Gasteiger partial charge < -0.3 is 10.0 Å². The van der Waals surface area contributed by atoms with Gasteiger partial charge in [0, 0.05) is 30.9 Å². The van der Waals surface area contributed by atoms with Gasteiger partial charge in [0.05, 0.1) is 11.0 Å². The summed E-state index contributed by atoms with van der Waals surface area (Å²) in [5, 5.41) is 20.8. The van der Waals surface area contributed by atoms with Gasteiger partial charge in [-0.15, -0.1) is 0 Å². The standard InChI is InChI=1S/C14H16N2O3/c17-14-11-5-7-15(8-6-11)13(14)9-10-1-3-12(4-2-10)16(18)19/h1-4,9,11,14,17H,5-8H2/b13-9-/t14-/m0/s1. The Balaban J connectivity index is 1.86. The van der Waals surface area contributed by atoms with Crippen molar-refractivity contribution < 1.29 is 10.0 Å². The minimum atomic E-state index is -0.405. The zero-order valence-electron chi connectivity index (χ0n) is 10.5. The molecule has 5 nitrogen and oxygen atoms in total. The number of non-ortho nitro benzene ring substituents is 1. The summed E-state index contributed by atoms with van der Waals surface area (Å²) in [7, 11) is 0. The van der Waals surface area contributed by atoms with Crippen LogP contribution in [0, 0.1) is 16.0 Å². The number of benzene rings is 1. The lowest BCUT2D eigenvalue weighted by atomic mass is 9.83. The Hall–Kier alpha value is -1.88. The number of rotatable bonds is 2. The van der Waals surface area contributed by atoms with Crippen LogP contribution >= 0.6 is 0 Å². The van der Waals surface area contributed by atoms with E-state index in [9.17, 15) is 15.2 Å². The molecule has 100 valence electrons. The van der Waals surface area contributed by atoms with E-state index < -0.39 is 11.0 Å². The third-order valence-corrected chi connectivity index (χ3v) is 4.07. The van der Waals surface area contributed by atoms with Gasteiger partial charge in [-0.05, 0) is 42.5 Å². The van der Waals surface area contributed by atoms with E-state index in [4.69, 9.17) is 0 Å². The van der Waals surface area contributed by atoms with Crippen molar-refractivity contribution in [2.45, 2.75) is 18.9 Å². The van der Waals surface area contributed by atoms with Crippen LogP contribution in [0.5, 0.6) is 0 Å². The minimum absolute atomic E-state index is 0.0909. The number of nitro benzene ring substituents is 1. The largest absolute Gasteiger partial charge is 0.387 e. The van der Waals surface area contributed by atoms with E-state index in [1.165, 1.54) is 12.1 Å². The Labute approximate surface area is 111 Å². The monoisotopic (exact) mass is 260 g/mol. The Morgan fingerprint density at radius 2 is 1.89 bits per heavy atom. The molecule has 5 heteroatoms. The first-order valence-electron chi connectivity index (χ1n) is 6.54. The van der Waals surface area contributed by atoms with Crippen molar-refractivity contribution in [1.29, 1.82) is 0 Å². The third kappa shape index (κ3) is 2.21. The van der Waals surface area contributed by atoms with Crippen molar-refractivity contribution in [3.8, 4) is 0 Å². The number of fused-ring (bicyclic) bond motifs is 3. The van der Waals surface area contributed by atoms with E-state index in [1.54, 1.807) is 12.1 Å². The Bertz CT molecular complexity index is 512. The molecule has 1 aromatic rings. The molecule has 1 aromatic carbocycles. The van der Waals surface area contributed by atoms with Crippen molar-refractivity contribution in [3.63, 3.8) is 0 Å². The molecule has 3 aliphatic heterocycles. The van der Waals surface area contributed by atoms with Crippen LogP contribution in [-0.4, -0.2) is 34.1 Å². The molecule has 0 spiro atoms. The van der Waals surface area contributed by atoms with Gasteiger partial charge in [0.1, 0.15) is 0 Å². The first-order chi connectivity index (χ1) is 9.15. The Morgan fingerprint density at radius 1 is 1.26 bits per heavy atom. The quantitative estimate of drug-likeness (QED) is 0.652. The molecule has 0 saturated carbocycles. The zero-order chi connectivity index (χ0) is 13.4.